The Balaban J connectivity index is 2.06. The number of thioether (sulfide) groups is 1. The summed E-state index contributed by atoms with van der Waals surface area (Å²) < 4.78 is 11.1. The Labute approximate surface area is 143 Å². The Morgan fingerprint density at radius 2 is 1.92 bits per heavy atom. The molecule has 0 aliphatic carbocycles. The third-order valence-corrected chi connectivity index (χ3v) is 4.12. The van der Waals surface area contributed by atoms with Gasteiger partial charge in [0.05, 0.1) is 7.11 Å². The molecule has 1 aromatic heterocycles. The molecule has 0 saturated heterocycles. The maximum Gasteiger partial charge on any atom is 0.314 e. The van der Waals surface area contributed by atoms with Gasteiger partial charge in [0, 0.05) is 11.1 Å². The van der Waals surface area contributed by atoms with Crippen LogP contribution in [-0.4, -0.2) is 28.9 Å². The minimum Gasteiger partial charge on any atom is -0.497 e. The molecule has 0 saturated carbocycles. The third-order valence-electron chi connectivity index (χ3n) is 3.31. The fraction of sp³-hybridized carbons (Fsp3) is 0.111. The summed E-state index contributed by atoms with van der Waals surface area (Å²) in [6.07, 6.45) is 0. The van der Waals surface area contributed by atoms with Crippen molar-refractivity contribution in [2.75, 3.05) is 12.9 Å². The standard InChI is InChI=1S/C18H15NO4S/c1-22-14-9-5-8-13(10-14)16-17(12-6-3-2-4-7-12)23-18(19-16)24-11-15(20)21/h2-10H,11H2,1H3,(H,20,21). The number of carbonyl (C=O) groups is 1. The van der Waals surface area contributed by atoms with Gasteiger partial charge in [-0.3, -0.25) is 4.79 Å². The van der Waals surface area contributed by atoms with Crippen LogP contribution in [0.15, 0.2) is 64.2 Å². The summed E-state index contributed by atoms with van der Waals surface area (Å²) in [5.41, 5.74) is 2.39. The fourth-order valence-corrected chi connectivity index (χ4v) is 2.78. The Morgan fingerprint density at radius 3 is 2.62 bits per heavy atom. The largest absolute Gasteiger partial charge is 0.497 e. The molecule has 0 aliphatic heterocycles. The normalized spacial score (nSPS) is 10.5. The molecule has 0 unspecified atom stereocenters. The molecule has 0 bridgehead atoms. The maximum absolute atomic E-state index is 10.8. The van der Waals surface area contributed by atoms with Crippen molar-refractivity contribution in [2.45, 2.75) is 5.22 Å². The number of hydrogen-bond acceptors (Lipinski definition) is 5. The number of aromatic nitrogens is 1. The molecule has 0 spiro atoms. The van der Waals surface area contributed by atoms with Crippen LogP contribution >= 0.6 is 11.8 Å². The summed E-state index contributed by atoms with van der Waals surface area (Å²) in [6.45, 7) is 0. The Kier molecular flexibility index (Phi) is 4.86. The highest BCUT2D eigenvalue weighted by atomic mass is 32.2. The van der Waals surface area contributed by atoms with E-state index in [9.17, 15) is 4.79 Å². The van der Waals surface area contributed by atoms with Crippen LogP contribution < -0.4 is 4.74 Å². The van der Waals surface area contributed by atoms with Gasteiger partial charge in [0.25, 0.3) is 5.22 Å². The van der Waals surface area contributed by atoms with E-state index >= 15 is 0 Å². The molecule has 0 radical (unpaired) electrons. The molecule has 2 aromatic carbocycles. The number of hydrogen-bond donors (Lipinski definition) is 1. The maximum atomic E-state index is 10.8. The van der Waals surface area contributed by atoms with E-state index in [1.807, 2.05) is 54.6 Å². The van der Waals surface area contributed by atoms with Crippen LogP contribution in [0, 0.1) is 0 Å². The lowest BCUT2D eigenvalue weighted by Crippen LogP contribution is -1.97. The van der Waals surface area contributed by atoms with Crippen molar-refractivity contribution in [3.63, 3.8) is 0 Å². The van der Waals surface area contributed by atoms with E-state index in [2.05, 4.69) is 4.98 Å². The Hall–Kier alpha value is -2.73. The van der Waals surface area contributed by atoms with Crippen LogP contribution in [0.2, 0.25) is 0 Å². The van der Waals surface area contributed by atoms with Crippen LogP contribution in [0.25, 0.3) is 22.6 Å². The second-order valence-corrected chi connectivity index (χ2v) is 5.86. The molecular weight excluding hydrogens is 326 g/mol. The zero-order chi connectivity index (χ0) is 16.9. The van der Waals surface area contributed by atoms with Crippen molar-refractivity contribution in [1.82, 2.24) is 4.98 Å². The quantitative estimate of drug-likeness (QED) is 0.678. The number of carboxylic acid groups (broad SMARTS) is 1. The van der Waals surface area contributed by atoms with E-state index in [1.165, 1.54) is 0 Å². The SMILES string of the molecule is COc1cccc(-c2nc(SCC(=O)O)oc2-c2ccccc2)c1. The molecule has 6 heteroatoms. The summed E-state index contributed by atoms with van der Waals surface area (Å²) in [6, 6.07) is 17.1. The van der Waals surface area contributed by atoms with Crippen molar-refractivity contribution in [3.05, 3.63) is 54.6 Å². The number of oxazole rings is 1. The highest BCUT2D eigenvalue weighted by Crippen LogP contribution is 2.36. The van der Waals surface area contributed by atoms with Crippen molar-refractivity contribution in [3.8, 4) is 28.3 Å². The number of rotatable bonds is 6. The zero-order valence-electron chi connectivity index (χ0n) is 12.9. The Morgan fingerprint density at radius 1 is 1.17 bits per heavy atom. The molecule has 122 valence electrons. The highest BCUT2D eigenvalue weighted by molar-refractivity contribution is 7.99. The Bertz CT molecular complexity index is 845. The van der Waals surface area contributed by atoms with Gasteiger partial charge in [-0.25, -0.2) is 4.98 Å². The summed E-state index contributed by atoms with van der Waals surface area (Å²) >= 11 is 1.05. The van der Waals surface area contributed by atoms with E-state index < -0.39 is 5.97 Å². The van der Waals surface area contributed by atoms with Crippen molar-refractivity contribution < 1.29 is 19.1 Å². The second-order valence-electron chi connectivity index (χ2n) is 4.94. The first-order valence-corrected chi connectivity index (χ1v) is 8.21. The molecular formula is C18H15NO4S. The summed E-state index contributed by atoms with van der Waals surface area (Å²) in [4.78, 5) is 15.3. The van der Waals surface area contributed by atoms with E-state index in [0.717, 1.165) is 22.9 Å². The minimum absolute atomic E-state index is 0.105. The first-order valence-electron chi connectivity index (χ1n) is 7.22. The van der Waals surface area contributed by atoms with E-state index in [0.29, 0.717) is 22.4 Å². The number of benzene rings is 2. The van der Waals surface area contributed by atoms with Crippen LogP contribution in [-0.2, 0) is 4.79 Å². The lowest BCUT2D eigenvalue weighted by atomic mass is 10.1. The van der Waals surface area contributed by atoms with Gasteiger partial charge in [-0.1, -0.05) is 54.2 Å². The average Bonchev–Trinajstić information content (AvgIpc) is 3.05. The summed E-state index contributed by atoms with van der Waals surface area (Å²) in [7, 11) is 1.61. The molecule has 0 fully saturated rings. The van der Waals surface area contributed by atoms with Crippen molar-refractivity contribution in [2.24, 2.45) is 0 Å². The van der Waals surface area contributed by atoms with E-state index in [-0.39, 0.29) is 5.75 Å². The smallest absolute Gasteiger partial charge is 0.314 e. The van der Waals surface area contributed by atoms with Gasteiger partial charge in [0.2, 0.25) is 0 Å². The molecule has 0 aliphatic rings. The molecule has 0 atom stereocenters. The first kappa shape index (κ1) is 16.1. The number of nitrogens with zero attached hydrogens (tertiary/aromatic N) is 1. The minimum atomic E-state index is -0.914. The lowest BCUT2D eigenvalue weighted by molar-refractivity contribution is -0.133. The fourth-order valence-electron chi connectivity index (χ4n) is 2.24. The average molecular weight is 341 g/mol. The molecule has 3 rings (SSSR count). The number of aliphatic carboxylic acids is 1. The zero-order valence-corrected chi connectivity index (χ0v) is 13.7. The number of carboxylic acids is 1. The van der Waals surface area contributed by atoms with Gasteiger partial charge in [0.15, 0.2) is 5.76 Å². The predicted octanol–water partition coefficient (Wildman–Crippen LogP) is 4.19. The van der Waals surface area contributed by atoms with Gasteiger partial charge >= 0.3 is 5.97 Å². The highest BCUT2D eigenvalue weighted by Gasteiger charge is 2.18. The van der Waals surface area contributed by atoms with Crippen LogP contribution in [0.1, 0.15) is 0 Å². The third kappa shape index (κ3) is 3.60. The summed E-state index contributed by atoms with van der Waals surface area (Å²) in [5.74, 6) is 0.306. The summed E-state index contributed by atoms with van der Waals surface area (Å²) in [5, 5.41) is 9.17. The number of methoxy groups -OCH3 is 1. The lowest BCUT2D eigenvalue weighted by Gasteiger charge is -2.04. The van der Waals surface area contributed by atoms with Crippen molar-refractivity contribution in [1.29, 1.82) is 0 Å². The van der Waals surface area contributed by atoms with Crippen LogP contribution in [0.3, 0.4) is 0 Å². The van der Waals surface area contributed by atoms with E-state index in [1.54, 1.807) is 7.11 Å². The predicted molar refractivity (Wildman–Crippen MR) is 92.3 cm³/mol. The molecule has 0 amide bonds. The monoisotopic (exact) mass is 341 g/mol. The van der Waals surface area contributed by atoms with Gasteiger partial charge in [0.1, 0.15) is 17.2 Å². The molecule has 24 heavy (non-hydrogen) atoms. The van der Waals surface area contributed by atoms with Crippen LogP contribution in [0.4, 0.5) is 0 Å². The van der Waals surface area contributed by atoms with Gasteiger partial charge in [-0.15, -0.1) is 0 Å². The molecule has 3 aromatic rings. The van der Waals surface area contributed by atoms with Gasteiger partial charge in [-0.2, -0.15) is 0 Å². The second kappa shape index (κ2) is 7.23. The van der Waals surface area contributed by atoms with Gasteiger partial charge < -0.3 is 14.3 Å². The molecule has 5 nitrogen and oxygen atoms in total. The van der Waals surface area contributed by atoms with E-state index in [4.69, 9.17) is 14.3 Å². The molecule has 1 heterocycles. The van der Waals surface area contributed by atoms with Gasteiger partial charge in [-0.05, 0) is 12.1 Å². The first-order chi connectivity index (χ1) is 11.7. The number of ether oxygens (including phenoxy) is 1. The van der Waals surface area contributed by atoms with Crippen molar-refractivity contribution >= 4 is 17.7 Å². The topological polar surface area (TPSA) is 72.6 Å². The molecule has 1 N–H and O–H groups in total. The van der Waals surface area contributed by atoms with Crippen LogP contribution in [0.5, 0.6) is 5.75 Å².